The smallest absolute Gasteiger partial charge is 0.268 e. The van der Waals surface area contributed by atoms with Crippen molar-refractivity contribution >= 4 is 58.3 Å². The zero-order valence-electron chi connectivity index (χ0n) is 13.6. The van der Waals surface area contributed by atoms with Crippen LogP contribution in [0.1, 0.15) is 24.3 Å². The summed E-state index contributed by atoms with van der Waals surface area (Å²) in [5.41, 5.74) is 1.66. The topological polar surface area (TPSA) is 44.1 Å². The van der Waals surface area contributed by atoms with Crippen LogP contribution in [0.2, 0.25) is 15.1 Å². The maximum atomic E-state index is 13.2. The third-order valence-corrected chi connectivity index (χ3v) is 5.64. The molecule has 0 atom stereocenters. The maximum absolute atomic E-state index is 13.2. The monoisotopic (exact) mass is 426 g/mol. The van der Waals surface area contributed by atoms with E-state index < -0.39 is 0 Å². The van der Waals surface area contributed by atoms with Gasteiger partial charge >= 0.3 is 0 Å². The van der Waals surface area contributed by atoms with Gasteiger partial charge in [-0.1, -0.05) is 34.8 Å². The van der Waals surface area contributed by atoms with Crippen LogP contribution >= 0.6 is 47.4 Å². The number of aromatic nitrogens is 2. The molecule has 8 heteroatoms. The fourth-order valence-electron chi connectivity index (χ4n) is 2.99. The van der Waals surface area contributed by atoms with Gasteiger partial charge in [-0.3, -0.25) is 9.36 Å². The molecule has 134 valence electrons. The molecule has 1 saturated carbocycles. The van der Waals surface area contributed by atoms with Crippen LogP contribution in [0.4, 0.5) is 0 Å². The summed E-state index contributed by atoms with van der Waals surface area (Å²) in [7, 11) is 1.48. The lowest BCUT2D eigenvalue weighted by Crippen LogP contribution is -2.22. The molecule has 1 aliphatic carbocycles. The Bertz CT molecular complexity index is 1110. The Morgan fingerprint density at radius 2 is 1.85 bits per heavy atom. The molecule has 1 fully saturated rings. The van der Waals surface area contributed by atoms with Crippen LogP contribution in [0.5, 0.6) is 5.75 Å². The Morgan fingerprint density at radius 1 is 1.12 bits per heavy atom. The number of fused-ring (bicyclic) bond motifs is 1. The van der Waals surface area contributed by atoms with Gasteiger partial charge in [0.1, 0.15) is 5.75 Å². The Morgan fingerprint density at radius 3 is 2.50 bits per heavy atom. The van der Waals surface area contributed by atoms with Crippen LogP contribution in [-0.2, 0) is 0 Å². The fourth-order valence-corrected chi connectivity index (χ4v) is 4.14. The first-order valence-electron chi connectivity index (χ1n) is 7.89. The quantitative estimate of drug-likeness (QED) is 0.442. The summed E-state index contributed by atoms with van der Waals surface area (Å²) in [6, 6.07) is 6.84. The molecule has 0 saturated heterocycles. The first kappa shape index (κ1) is 18.0. The Hall–Kier alpha value is -1.40. The molecule has 26 heavy (non-hydrogen) atoms. The summed E-state index contributed by atoms with van der Waals surface area (Å²) in [6.45, 7) is 0. The SMILES string of the molecule is COc1cc(-n2c(S)nc3cc(C4CC4)cc(Cl)c3c2=O)c(Cl)cc1Cl. The van der Waals surface area contributed by atoms with Gasteiger partial charge in [0, 0.05) is 6.07 Å². The molecule has 0 bridgehead atoms. The highest BCUT2D eigenvalue weighted by molar-refractivity contribution is 7.80. The number of hydrogen-bond donors (Lipinski definition) is 1. The van der Waals surface area contributed by atoms with E-state index >= 15 is 0 Å². The largest absolute Gasteiger partial charge is 0.495 e. The van der Waals surface area contributed by atoms with Crippen molar-refractivity contribution in [2.75, 3.05) is 7.11 Å². The third kappa shape index (κ3) is 2.97. The van der Waals surface area contributed by atoms with E-state index in [-0.39, 0.29) is 15.7 Å². The first-order chi connectivity index (χ1) is 12.4. The van der Waals surface area contributed by atoms with Crippen molar-refractivity contribution in [3.05, 3.63) is 55.3 Å². The third-order valence-electron chi connectivity index (χ3n) is 4.44. The zero-order valence-corrected chi connectivity index (χ0v) is 16.8. The van der Waals surface area contributed by atoms with E-state index in [4.69, 9.17) is 39.5 Å². The van der Waals surface area contributed by atoms with Crippen LogP contribution in [-0.4, -0.2) is 16.7 Å². The molecule has 3 aromatic rings. The number of benzene rings is 2. The zero-order chi connectivity index (χ0) is 18.6. The number of methoxy groups -OCH3 is 1. The molecular formula is C18H13Cl3N2O2S. The molecule has 1 aliphatic rings. The molecule has 2 aromatic carbocycles. The van der Waals surface area contributed by atoms with Crippen molar-refractivity contribution < 1.29 is 4.74 Å². The van der Waals surface area contributed by atoms with Crippen LogP contribution in [0.15, 0.2) is 34.2 Å². The fraction of sp³-hybridized carbons (Fsp3) is 0.222. The van der Waals surface area contributed by atoms with Gasteiger partial charge in [0.15, 0.2) is 5.16 Å². The highest BCUT2D eigenvalue weighted by Crippen LogP contribution is 2.42. The Labute approximate surface area is 170 Å². The van der Waals surface area contributed by atoms with Gasteiger partial charge in [0.25, 0.3) is 5.56 Å². The molecule has 0 spiro atoms. The minimum Gasteiger partial charge on any atom is -0.495 e. The molecular weight excluding hydrogens is 415 g/mol. The number of nitrogens with zero attached hydrogens (tertiary/aromatic N) is 2. The lowest BCUT2D eigenvalue weighted by atomic mass is 10.1. The van der Waals surface area contributed by atoms with E-state index in [0.717, 1.165) is 18.4 Å². The van der Waals surface area contributed by atoms with E-state index in [1.165, 1.54) is 17.7 Å². The van der Waals surface area contributed by atoms with Gasteiger partial charge < -0.3 is 4.74 Å². The van der Waals surface area contributed by atoms with Crippen molar-refractivity contribution in [1.82, 2.24) is 9.55 Å². The van der Waals surface area contributed by atoms with Gasteiger partial charge in [-0.2, -0.15) is 0 Å². The minimum absolute atomic E-state index is 0.206. The van der Waals surface area contributed by atoms with E-state index in [9.17, 15) is 4.79 Å². The number of hydrogen-bond acceptors (Lipinski definition) is 4. The summed E-state index contributed by atoms with van der Waals surface area (Å²) < 4.78 is 6.53. The Kier molecular flexibility index (Phi) is 4.59. The summed E-state index contributed by atoms with van der Waals surface area (Å²) in [5, 5.41) is 1.54. The van der Waals surface area contributed by atoms with Crippen molar-refractivity contribution in [3.63, 3.8) is 0 Å². The predicted octanol–water partition coefficient (Wildman–Crippen LogP) is 5.52. The molecule has 0 amide bonds. The molecule has 0 radical (unpaired) electrons. The number of thiol groups is 1. The Balaban J connectivity index is 2.01. The standard InChI is InChI=1S/C18H13Cl3N2O2S/c1-25-15-7-14(10(19)6-11(15)20)23-17(24)16-12(21)4-9(8-2-3-8)5-13(16)22-18(23)26/h4-8H,2-3H2,1H3,(H,22,26). The summed E-state index contributed by atoms with van der Waals surface area (Å²) in [6.07, 6.45) is 2.26. The second-order valence-electron chi connectivity index (χ2n) is 6.16. The van der Waals surface area contributed by atoms with Crippen molar-refractivity contribution in [2.24, 2.45) is 0 Å². The summed E-state index contributed by atoms with van der Waals surface area (Å²) in [4.78, 5) is 17.6. The van der Waals surface area contributed by atoms with E-state index in [2.05, 4.69) is 17.6 Å². The van der Waals surface area contributed by atoms with Crippen LogP contribution in [0.25, 0.3) is 16.6 Å². The normalized spacial score (nSPS) is 14.0. The summed E-state index contributed by atoms with van der Waals surface area (Å²) >= 11 is 23.2. The van der Waals surface area contributed by atoms with Crippen LogP contribution in [0.3, 0.4) is 0 Å². The average molecular weight is 428 g/mol. The average Bonchev–Trinajstić information content (AvgIpc) is 3.40. The highest BCUT2D eigenvalue weighted by atomic mass is 35.5. The van der Waals surface area contributed by atoms with Gasteiger partial charge in [-0.05, 0) is 42.5 Å². The number of ether oxygens (including phenoxy) is 1. The van der Waals surface area contributed by atoms with Gasteiger partial charge in [-0.15, -0.1) is 12.6 Å². The molecule has 1 heterocycles. The first-order valence-corrected chi connectivity index (χ1v) is 9.47. The van der Waals surface area contributed by atoms with E-state index in [1.54, 1.807) is 6.07 Å². The maximum Gasteiger partial charge on any atom is 0.268 e. The van der Waals surface area contributed by atoms with Gasteiger partial charge in [0.2, 0.25) is 0 Å². The predicted molar refractivity (Wildman–Crippen MR) is 108 cm³/mol. The highest BCUT2D eigenvalue weighted by Gasteiger charge is 2.26. The second kappa shape index (κ2) is 6.64. The lowest BCUT2D eigenvalue weighted by molar-refractivity contribution is 0.414. The summed E-state index contributed by atoms with van der Waals surface area (Å²) in [5.74, 6) is 0.889. The van der Waals surface area contributed by atoms with Crippen LogP contribution < -0.4 is 10.3 Å². The van der Waals surface area contributed by atoms with Crippen molar-refractivity contribution in [1.29, 1.82) is 0 Å². The number of halogens is 3. The molecule has 0 N–H and O–H groups in total. The lowest BCUT2D eigenvalue weighted by Gasteiger charge is -2.15. The molecule has 4 nitrogen and oxygen atoms in total. The van der Waals surface area contributed by atoms with E-state index in [1.807, 2.05) is 12.1 Å². The van der Waals surface area contributed by atoms with Crippen molar-refractivity contribution in [3.8, 4) is 11.4 Å². The molecule has 1 aromatic heterocycles. The van der Waals surface area contributed by atoms with Gasteiger partial charge in [0.05, 0.1) is 38.8 Å². The number of rotatable bonds is 3. The second-order valence-corrected chi connectivity index (χ2v) is 7.78. The molecule has 0 aliphatic heterocycles. The molecule has 4 rings (SSSR count). The minimum atomic E-state index is -0.348. The molecule has 0 unspecified atom stereocenters. The van der Waals surface area contributed by atoms with E-state index in [0.29, 0.717) is 38.3 Å². The van der Waals surface area contributed by atoms with Crippen molar-refractivity contribution in [2.45, 2.75) is 23.9 Å². The van der Waals surface area contributed by atoms with Crippen LogP contribution in [0, 0.1) is 0 Å². The van der Waals surface area contributed by atoms with Gasteiger partial charge in [-0.25, -0.2) is 4.98 Å².